The average molecular weight is 289 g/mol. The summed E-state index contributed by atoms with van der Waals surface area (Å²) in [6.07, 6.45) is 1.95. The molecule has 0 saturated heterocycles. The Morgan fingerprint density at radius 1 is 1.05 bits per heavy atom. The van der Waals surface area contributed by atoms with Crippen LogP contribution in [0.3, 0.4) is 0 Å². The molecule has 2 aromatic carbocycles. The Kier molecular flexibility index (Phi) is 5.45. The second kappa shape index (κ2) is 7.32. The van der Waals surface area contributed by atoms with Gasteiger partial charge in [-0.05, 0) is 50.4 Å². The van der Waals surface area contributed by atoms with Crippen molar-refractivity contribution in [3.63, 3.8) is 0 Å². The zero-order valence-electron chi connectivity index (χ0n) is 12.5. The van der Waals surface area contributed by atoms with Gasteiger partial charge in [-0.25, -0.2) is 8.78 Å². The van der Waals surface area contributed by atoms with Crippen molar-refractivity contribution < 1.29 is 8.78 Å². The van der Waals surface area contributed by atoms with E-state index < -0.39 is 11.6 Å². The fourth-order valence-corrected chi connectivity index (χ4v) is 2.45. The molecular formula is C18H21F2N. The fourth-order valence-electron chi connectivity index (χ4n) is 2.45. The molecule has 2 aromatic rings. The van der Waals surface area contributed by atoms with Crippen molar-refractivity contribution >= 4 is 0 Å². The van der Waals surface area contributed by atoms with E-state index in [0.717, 1.165) is 25.5 Å². The highest BCUT2D eigenvalue weighted by atomic mass is 19.2. The minimum Gasteiger partial charge on any atom is -0.310 e. The van der Waals surface area contributed by atoms with Gasteiger partial charge in [-0.3, -0.25) is 0 Å². The standard InChI is InChI=1S/C18H21F2N/c1-13-7-3-4-8-15(13)9-6-12-21-14(2)16-10-5-11-17(19)18(16)20/h3-5,7-8,10-11,14,21H,6,9,12H2,1-2H3. The largest absolute Gasteiger partial charge is 0.310 e. The van der Waals surface area contributed by atoms with Crippen molar-refractivity contribution in [2.45, 2.75) is 32.7 Å². The molecule has 0 heterocycles. The molecule has 2 rings (SSSR count). The lowest BCUT2D eigenvalue weighted by atomic mass is 10.0. The van der Waals surface area contributed by atoms with Gasteiger partial charge in [0, 0.05) is 11.6 Å². The Balaban J connectivity index is 1.83. The third-order valence-electron chi connectivity index (χ3n) is 3.78. The summed E-state index contributed by atoms with van der Waals surface area (Å²) in [6.45, 7) is 4.73. The third kappa shape index (κ3) is 4.11. The highest BCUT2D eigenvalue weighted by Crippen LogP contribution is 2.19. The van der Waals surface area contributed by atoms with Gasteiger partial charge in [0.1, 0.15) is 0 Å². The van der Waals surface area contributed by atoms with Crippen LogP contribution in [-0.4, -0.2) is 6.54 Å². The normalized spacial score (nSPS) is 12.4. The van der Waals surface area contributed by atoms with E-state index in [1.54, 1.807) is 12.1 Å². The number of hydrogen-bond donors (Lipinski definition) is 1. The third-order valence-corrected chi connectivity index (χ3v) is 3.78. The molecule has 112 valence electrons. The van der Waals surface area contributed by atoms with E-state index in [-0.39, 0.29) is 6.04 Å². The summed E-state index contributed by atoms with van der Waals surface area (Å²) in [5.41, 5.74) is 3.01. The molecule has 0 spiro atoms. The summed E-state index contributed by atoms with van der Waals surface area (Å²) in [6, 6.07) is 12.4. The maximum absolute atomic E-state index is 13.7. The summed E-state index contributed by atoms with van der Waals surface area (Å²) in [7, 11) is 0. The lowest BCUT2D eigenvalue weighted by molar-refractivity contribution is 0.471. The molecular weight excluding hydrogens is 268 g/mol. The van der Waals surface area contributed by atoms with E-state index >= 15 is 0 Å². The zero-order valence-corrected chi connectivity index (χ0v) is 12.5. The Morgan fingerprint density at radius 2 is 1.81 bits per heavy atom. The number of aryl methyl sites for hydroxylation is 2. The van der Waals surface area contributed by atoms with E-state index in [1.807, 2.05) is 19.1 Å². The van der Waals surface area contributed by atoms with Gasteiger partial charge in [0.2, 0.25) is 0 Å². The van der Waals surface area contributed by atoms with E-state index in [2.05, 4.69) is 24.4 Å². The first-order valence-corrected chi connectivity index (χ1v) is 7.31. The molecule has 0 aliphatic heterocycles. The summed E-state index contributed by atoms with van der Waals surface area (Å²) < 4.78 is 26.9. The first kappa shape index (κ1) is 15.6. The monoisotopic (exact) mass is 289 g/mol. The molecule has 21 heavy (non-hydrogen) atoms. The number of hydrogen-bond acceptors (Lipinski definition) is 1. The van der Waals surface area contributed by atoms with Crippen LogP contribution in [0.2, 0.25) is 0 Å². The van der Waals surface area contributed by atoms with Crippen LogP contribution in [-0.2, 0) is 6.42 Å². The first-order chi connectivity index (χ1) is 10.1. The van der Waals surface area contributed by atoms with Crippen LogP contribution in [0.4, 0.5) is 8.78 Å². The van der Waals surface area contributed by atoms with Gasteiger partial charge in [0.15, 0.2) is 11.6 Å². The van der Waals surface area contributed by atoms with Crippen LogP contribution in [0.25, 0.3) is 0 Å². The predicted molar refractivity (Wildman–Crippen MR) is 82.3 cm³/mol. The van der Waals surface area contributed by atoms with Crippen molar-refractivity contribution in [3.05, 3.63) is 70.8 Å². The maximum atomic E-state index is 13.7. The second-order valence-electron chi connectivity index (χ2n) is 5.35. The molecule has 0 aliphatic rings. The molecule has 1 nitrogen and oxygen atoms in total. The molecule has 1 unspecified atom stereocenters. The topological polar surface area (TPSA) is 12.0 Å². The number of benzene rings is 2. The minimum atomic E-state index is -0.791. The van der Waals surface area contributed by atoms with Crippen LogP contribution >= 0.6 is 0 Å². The van der Waals surface area contributed by atoms with Gasteiger partial charge in [-0.2, -0.15) is 0 Å². The van der Waals surface area contributed by atoms with E-state index in [0.29, 0.717) is 5.56 Å². The van der Waals surface area contributed by atoms with Gasteiger partial charge < -0.3 is 5.32 Å². The fraction of sp³-hybridized carbons (Fsp3) is 0.333. The summed E-state index contributed by atoms with van der Waals surface area (Å²) >= 11 is 0. The van der Waals surface area contributed by atoms with Crippen LogP contribution in [0.15, 0.2) is 42.5 Å². The molecule has 0 aromatic heterocycles. The molecule has 0 saturated carbocycles. The van der Waals surface area contributed by atoms with E-state index in [1.165, 1.54) is 11.1 Å². The molecule has 0 aliphatic carbocycles. The zero-order chi connectivity index (χ0) is 15.2. The van der Waals surface area contributed by atoms with Crippen LogP contribution in [0.5, 0.6) is 0 Å². The Labute approximate surface area is 125 Å². The average Bonchev–Trinajstić information content (AvgIpc) is 2.48. The predicted octanol–water partition coefficient (Wildman–Crippen LogP) is 4.56. The summed E-state index contributed by atoms with van der Waals surface area (Å²) in [4.78, 5) is 0. The molecule has 0 bridgehead atoms. The molecule has 0 fully saturated rings. The molecule has 0 radical (unpaired) electrons. The lowest BCUT2D eigenvalue weighted by Gasteiger charge is -2.15. The summed E-state index contributed by atoms with van der Waals surface area (Å²) in [5, 5.41) is 3.25. The van der Waals surface area contributed by atoms with Crippen molar-refractivity contribution in [1.82, 2.24) is 5.32 Å². The summed E-state index contributed by atoms with van der Waals surface area (Å²) in [5.74, 6) is -1.54. The van der Waals surface area contributed by atoms with Gasteiger partial charge in [-0.15, -0.1) is 0 Å². The highest BCUT2D eigenvalue weighted by molar-refractivity contribution is 5.25. The Bertz CT molecular complexity index is 596. The Morgan fingerprint density at radius 3 is 2.57 bits per heavy atom. The first-order valence-electron chi connectivity index (χ1n) is 7.31. The number of halogens is 2. The van der Waals surface area contributed by atoms with Gasteiger partial charge in [0.25, 0.3) is 0 Å². The molecule has 1 atom stereocenters. The SMILES string of the molecule is Cc1ccccc1CCCNC(C)c1cccc(F)c1F. The molecule has 1 N–H and O–H groups in total. The molecule has 0 amide bonds. The van der Waals surface area contributed by atoms with Gasteiger partial charge in [-0.1, -0.05) is 36.4 Å². The van der Waals surface area contributed by atoms with Crippen molar-refractivity contribution in [1.29, 1.82) is 0 Å². The Hall–Kier alpha value is -1.74. The van der Waals surface area contributed by atoms with Crippen molar-refractivity contribution in [2.75, 3.05) is 6.54 Å². The van der Waals surface area contributed by atoms with E-state index in [4.69, 9.17) is 0 Å². The molecule has 3 heteroatoms. The highest BCUT2D eigenvalue weighted by Gasteiger charge is 2.13. The van der Waals surface area contributed by atoms with Crippen molar-refractivity contribution in [3.8, 4) is 0 Å². The smallest absolute Gasteiger partial charge is 0.163 e. The van der Waals surface area contributed by atoms with Crippen molar-refractivity contribution in [2.24, 2.45) is 0 Å². The van der Waals surface area contributed by atoms with Crippen LogP contribution < -0.4 is 5.32 Å². The maximum Gasteiger partial charge on any atom is 0.163 e. The lowest BCUT2D eigenvalue weighted by Crippen LogP contribution is -2.21. The van der Waals surface area contributed by atoms with Gasteiger partial charge >= 0.3 is 0 Å². The quantitative estimate of drug-likeness (QED) is 0.769. The number of nitrogens with one attached hydrogen (secondary N) is 1. The minimum absolute atomic E-state index is 0.197. The van der Waals surface area contributed by atoms with Gasteiger partial charge in [0.05, 0.1) is 0 Å². The van der Waals surface area contributed by atoms with Crippen LogP contribution in [0.1, 0.15) is 36.1 Å². The van der Waals surface area contributed by atoms with Crippen LogP contribution in [0, 0.1) is 18.6 Å². The number of rotatable bonds is 6. The van der Waals surface area contributed by atoms with E-state index in [9.17, 15) is 8.78 Å². The second-order valence-corrected chi connectivity index (χ2v) is 5.35.